The maximum absolute atomic E-state index is 10.7. The molecule has 0 aliphatic rings. The Morgan fingerprint density at radius 2 is 2.14 bits per heavy atom. The number of hydrogen-bond acceptors (Lipinski definition) is 6. The molecule has 0 aliphatic carbocycles. The molecule has 3 aromatic rings. The van der Waals surface area contributed by atoms with E-state index in [0.717, 1.165) is 15.8 Å². The second kappa shape index (κ2) is 6.20. The zero-order valence-corrected chi connectivity index (χ0v) is 13.5. The maximum Gasteiger partial charge on any atom is 0.270 e. The van der Waals surface area contributed by atoms with Gasteiger partial charge in [0, 0.05) is 22.2 Å². The highest BCUT2D eigenvalue weighted by Crippen LogP contribution is 2.25. The first-order valence-corrected chi connectivity index (χ1v) is 7.83. The molecule has 0 atom stereocenters. The van der Waals surface area contributed by atoms with E-state index in [1.807, 2.05) is 24.3 Å². The first-order valence-electron chi connectivity index (χ1n) is 6.22. The number of anilines is 1. The number of thiazole rings is 1. The van der Waals surface area contributed by atoms with E-state index in [1.54, 1.807) is 12.3 Å². The normalized spacial score (nSPS) is 11.1. The Labute approximate surface area is 137 Å². The lowest BCUT2D eigenvalue weighted by molar-refractivity contribution is -0.384. The largest absolute Gasteiger partial charge is 0.270 e. The minimum absolute atomic E-state index is 0.0307. The van der Waals surface area contributed by atoms with Crippen LogP contribution >= 0.6 is 27.3 Å². The third-order valence-corrected chi connectivity index (χ3v) is 4.48. The van der Waals surface area contributed by atoms with E-state index in [9.17, 15) is 10.1 Å². The fraction of sp³-hybridized carbons (Fsp3) is 0. The van der Waals surface area contributed by atoms with E-state index in [-0.39, 0.29) is 5.69 Å². The number of nitro benzene ring substituents is 1. The highest BCUT2D eigenvalue weighted by Gasteiger charge is 2.07. The van der Waals surface area contributed by atoms with Crippen molar-refractivity contribution in [2.24, 2.45) is 5.10 Å². The number of para-hydroxylation sites is 1. The molecule has 0 saturated heterocycles. The number of halogens is 1. The molecule has 0 spiro atoms. The van der Waals surface area contributed by atoms with Crippen molar-refractivity contribution in [3.8, 4) is 0 Å². The van der Waals surface area contributed by atoms with Crippen LogP contribution in [-0.4, -0.2) is 16.1 Å². The highest BCUT2D eigenvalue weighted by atomic mass is 79.9. The lowest BCUT2D eigenvalue weighted by Gasteiger charge is -1.98. The lowest BCUT2D eigenvalue weighted by Crippen LogP contribution is -1.93. The molecule has 6 nitrogen and oxygen atoms in total. The van der Waals surface area contributed by atoms with E-state index >= 15 is 0 Å². The molecule has 2 aromatic carbocycles. The van der Waals surface area contributed by atoms with Gasteiger partial charge in [0.25, 0.3) is 5.69 Å². The second-order valence-corrected chi connectivity index (χ2v) is 6.20. The average Bonchev–Trinajstić information content (AvgIpc) is 2.91. The van der Waals surface area contributed by atoms with Crippen molar-refractivity contribution in [1.29, 1.82) is 0 Å². The summed E-state index contributed by atoms with van der Waals surface area (Å²) in [6, 6.07) is 12.3. The summed E-state index contributed by atoms with van der Waals surface area (Å²) in [5.74, 6) is 0. The summed E-state index contributed by atoms with van der Waals surface area (Å²) in [7, 11) is 0. The van der Waals surface area contributed by atoms with Crippen molar-refractivity contribution < 1.29 is 4.92 Å². The topological polar surface area (TPSA) is 80.4 Å². The van der Waals surface area contributed by atoms with Gasteiger partial charge in [-0.3, -0.25) is 15.5 Å². The number of benzene rings is 2. The second-order valence-electron chi connectivity index (χ2n) is 4.32. The predicted octanol–water partition coefficient (Wildman–Crippen LogP) is 4.41. The maximum atomic E-state index is 10.7. The number of hydrazone groups is 1. The summed E-state index contributed by atoms with van der Waals surface area (Å²) in [6.07, 6.45) is 1.58. The van der Waals surface area contributed by atoms with Crippen LogP contribution in [0.25, 0.3) is 10.2 Å². The molecule has 0 unspecified atom stereocenters. The van der Waals surface area contributed by atoms with Gasteiger partial charge in [0.05, 0.1) is 21.4 Å². The van der Waals surface area contributed by atoms with Gasteiger partial charge in [0.2, 0.25) is 5.13 Å². The van der Waals surface area contributed by atoms with Crippen molar-refractivity contribution in [2.75, 3.05) is 5.43 Å². The fourth-order valence-electron chi connectivity index (χ4n) is 1.81. The van der Waals surface area contributed by atoms with Crippen LogP contribution in [0.15, 0.2) is 52.0 Å². The number of fused-ring (bicyclic) bond motifs is 1. The molecule has 0 fully saturated rings. The molecule has 110 valence electrons. The molecule has 0 aliphatic heterocycles. The Balaban J connectivity index is 1.75. The van der Waals surface area contributed by atoms with Gasteiger partial charge in [0.1, 0.15) is 0 Å². The summed E-state index contributed by atoms with van der Waals surface area (Å²) in [6.45, 7) is 0. The first kappa shape index (κ1) is 14.6. The minimum Gasteiger partial charge on any atom is -0.258 e. The molecular formula is C14H9BrN4O2S. The molecule has 22 heavy (non-hydrogen) atoms. The smallest absolute Gasteiger partial charge is 0.258 e. The van der Waals surface area contributed by atoms with Crippen molar-refractivity contribution in [3.63, 3.8) is 0 Å². The number of nitro groups is 1. The monoisotopic (exact) mass is 376 g/mol. The zero-order chi connectivity index (χ0) is 15.5. The standard InChI is InChI=1S/C14H9BrN4O2S/c15-11-7-10(19(20)21)6-5-9(11)8-16-18-14-17-12-3-1-2-4-13(12)22-14/h1-8H,(H,17,18)/b16-8-. The number of non-ortho nitro benzene ring substituents is 1. The SMILES string of the molecule is O=[N+]([O-])c1ccc(/C=N\Nc2nc3ccccc3s2)c(Br)c1. The highest BCUT2D eigenvalue weighted by molar-refractivity contribution is 9.10. The van der Waals surface area contributed by atoms with Gasteiger partial charge >= 0.3 is 0 Å². The van der Waals surface area contributed by atoms with Crippen LogP contribution in [-0.2, 0) is 0 Å². The van der Waals surface area contributed by atoms with Gasteiger partial charge in [0.15, 0.2) is 0 Å². The summed E-state index contributed by atoms with van der Waals surface area (Å²) < 4.78 is 1.69. The molecule has 8 heteroatoms. The summed E-state index contributed by atoms with van der Waals surface area (Å²) in [5, 5.41) is 15.5. The number of nitrogens with one attached hydrogen (secondary N) is 1. The van der Waals surface area contributed by atoms with Crippen LogP contribution in [0.5, 0.6) is 0 Å². The van der Waals surface area contributed by atoms with Crippen LogP contribution < -0.4 is 5.43 Å². The number of nitrogens with zero attached hydrogens (tertiary/aromatic N) is 3. The summed E-state index contributed by atoms with van der Waals surface area (Å²) in [4.78, 5) is 14.6. The molecule has 1 aromatic heterocycles. The number of rotatable bonds is 4. The quantitative estimate of drug-likeness (QED) is 0.415. The number of hydrogen-bond donors (Lipinski definition) is 1. The zero-order valence-electron chi connectivity index (χ0n) is 11.1. The van der Waals surface area contributed by atoms with Gasteiger partial charge in [-0.1, -0.05) is 23.5 Å². The van der Waals surface area contributed by atoms with E-state index in [0.29, 0.717) is 9.60 Å². The Bertz CT molecular complexity index is 845. The molecule has 0 amide bonds. The fourth-order valence-corrected chi connectivity index (χ4v) is 3.10. The molecule has 0 radical (unpaired) electrons. The molecule has 3 rings (SSSR count). The Morgan fingerprint density at radius 3 is 2.86 bits per heavy atom. The third-order valence-electron chi connectivity index (χ3n) is 2.85. The summed E-state index contributed by atoms with van der Waals surface area (Å²) >= 11 is 4.80. The molecule has 0 bridgehead atoms. The van der Waals surface area contributed by atoms with Crippen LogP contribution in [0.3, 0.4) is 0 Å². The molecule has 0 saturated carbocycles. The van der Waals surface area contributed by atoms with Crippen LogP contribution in [0.4, 0.5) is 10.8 Å². The van der Waals surface area contributed by atoms with E-state index in [2.05, 4.69) is 31.4 Å². The van der Waals surface area contributed by atoms with Gasteiger partial charge in [-0.15, -0.1) is 0 Å². The van der Waals surface area contributed by atoms with E-state index in [1.165, 1.54) is 23.5 Å². The van der Waals surface area contributed by atoms with Crippen LogP contribution in [0, 0.1) is 10.1 Å². The van der Waals surface area contributed by atoms with Crippen molar-refractivity contribution in [2.45, 2.75) is 0 Å². The van der Waals surface area contributed by atoms with Crippen molar-refractivity contribution in [1.82, 2.24) is 4.98 Å². The lowest BCUT2D eigenvalue weighted by atomic mass is 10.2. The van der Waals surface area contributed by atoms with Gasteiger partial charge in [-0.2, -0.15) is 5.10 Å². The van der Waals surface area contributed by atoms with Gasteiger partial charge in [-0.25, -0.2) is 4.98 Å². The van der Waals surface area contributed by atoms with E-state index < -0.39 is 4.92 Å². The first-order chi connectivity index (χ1) is 10.6. The Hall–Kier alpha value is -2.32. The van der Waals surface area contributed by atoms with Gasteiger partial charge < -0.3 is 0 Å². The van der Waals surface area contributed by atoms with Crippen molar-refractivity contribution >= 4 is 54.5 Å². The van der Waals surface area contributed by atoms with Crippen LogP contribution in [0.1, 0.15) is 5.56 Å². The summed E-state index contributed by atoms with van der Waals surface area (Å²) in [5.41, 5.74) is 4.55. The molecule has 1 N–H and O–H groups in total. The van der Waals surface area contributed by atoms with Crippen molar-refractivity contribution in [3.05, 3.63) is 62.6 Å². The number of aromatic nitrogens is 1. The minimum atomic E-state index is -0.439. The third kappa shape index (κ3) is 3.12. The molecule has 1 heterocycles. The predicted molar refractivity (Wildman–Crippen MR) is 91.6 cm³/mol. The van der Waals surface area contributed by atoms with Crippen LogP contribution in [0.2, 0.25) is 0 Å². The Kier molecular flexibility index (Phi) is 4.12. The molecular weight excluding hydrogens is 368 g/mol. The Morgan fingerprint density at radius 1 is 1.32 bits per heavy atom. The average molecular weight is 377 g/mol. The van der Waals surface area contributed by atoms with E-state index in [4.69, 9.17) is 0 Å². The van der Waals surface area contributed by atoms with Gasteiger partial charge in [-0.05, 0) is 34.1 Å².